The number of amides is 1. The molecule has 0 radical (unpaired) electrons. The first-order valence-corrected chi connectivity index (χ1v) is 6.71. The van der Waals surface area contributed by atoms with Crippen molar-refractivity contribution in [3.05, 3.63) is 29.3 Å². The lowest BCUT2D eigenvalue weighted by Crippen LogP contribution is -2.32. The van der Waals surface area contributed by atoms with Crippen LogP contribution >= 0.6 is 0 Å². The molecular formula is C15H21NO2. The Bertz CT molecular complexity index is 434. The van der Waals surface area contributed by atoms with Crippen molar-refractivity contribution in [2.75, 3.05) is 0 Å². The molecule has 0 unspecified atom stereocenters. The molecule has 1 saturated carbocycles. The predicted octanol–water partition coefficient (Wildman–Crippen LogP) is 3.19. The van der Waals surface area contributed by atoms with Gasteiger partial charge in [-0.25, -0.2) is 0 Å². The highest BCUT2D eigenvalue weighted by Crippen LogP contribution is 2.24. The summed E-state index contributed by atoms with van der Waals surface area (Å²) >= 11 is 0. The Morgan fingerprint density at radius 2 is 2.00 bits per heavy atom. The average molecular weight is 247 g/mol. The van der Waals surface area contributed by atoms with Gasteiger partial charge in [0.25, 0.3) is 5.91 Å². The maximum Gasteiger partial charge on any atom is 0.255 e. The Morgan fingerprint density at radius 3 is 2.56 bits per heavy atom. The minimum absolute atomic E-state index is 0.0803. The van der Waals surface area contributed by atoms with Gasteiger partial charge in [0.1, 0.15) is 5.75 Å². The smallest absolute Gasteiger partial charge is 0.255 e. The van der Waals surface area contributed by atoms with Gasteiger partial charge in [-0.1, -0.05) is 32.8 Å². The molecule has 1 amide bonds. The molecule has 18 heavy (non-hydrogen) atoms. The number of aromatic hydroxyl groups is 1. The number of benzene rings is 1. The van der Waals surface area contributed by atoms with Crippen LogP contribution < -0.4 is 5.32 Å². The van der Waals surface area contributed by atoms with Gasteiger partial charge in [-0.15, -0.1) is 0 Å². The molecular weight excluding hydrogens is 226 g/mol. The molecule has 0 spiro atoms. The molecule has 3 heteroatoms. The number of phenols is 1. The lowest BCUT2D eigenvalue weighted by atomic mass is 10.0. The van der Waals surface area contributed by atoms with Crippen LogP contribution in [-0.4, -0.2) is 17.1 Å². The van der Waals surface area contributed by atoms with Crippen LogP contribution in [0.25, 0.3) is 0 Å². The minimum atomic E-state index is -0.158. The van der Waals surface area contributed by atoms with E-state index in [0.29, 0.717) is 11.5 Å². The highest BCUT2D eigenvalue weighted by atomic mass is 16.3. The molecule has 1 aromatic rings. The highest BCUT2D eigenvalue weighted by Gasteiger charge is 2.19. The average Bonchev–Trinajstić information content (AvgIpc) is 2.81. The van der Waals surface area contributed by atoms with Crippen molar-refractivity contribution in [1.29, 1.82) is 0 Å². The molecule has 2 rings (SSSR count). The molecule has 0 aromatic heterocycles. The summed E-state index contributed by atoms with van der Waals surface area (Å²) in [6.07, 6.45) is 4.47. The van der Waals surface area contributed by atoms with Gasteiger partial charge in [-0.3, -0.25) is 4.79 Å². The molecule has 0 atom stereocenters. The third-order valence-electron chi connectivity index (χ3n) is 3.62. The van der Waals surface area contributed by atoms with Crippen LogP contribution in [0.15, 0.2) is 18.2 Å². The van der Waals surface area contributed by atoms with Crippen LogP contribution in [0, 0.1) is 0 Å². The molecule has 2 N–H and O–H groups in total. The summed E-state index contributed by atoms with van der Waals surface area (Å²) in [6, 6.07) is 5.60. The second-order valence-corrected chi connectivity index (χ2v) is 5.39. The van der Waals surface area contributed by atoms with Gasteiger partial charge in [0.05, 0.1) is 5.56 Å². The van der Waals surface area contributed by atoms with E-state index in [2.05, 4.69) is 19.2 Å². The van der Waals surface area contributed by atoms with Crippen LogP contribution in [0.1, 0.15) is 61.4 Å². The second kappa shape index (κ2) is 5.42. The first-order valence-electron chi connectivity index (χ1n) is 6.71. The summed E-state index contributed by atoms with van der Waals surface area (Å²) in [6.45, 7) is 4.13. The molecule has 98 valence electrons. The fourth-order valence-electron chi connectivity index (χ4n) is 2.43. The van der Waals surface area contributed by atoms with E-state index in [9.17, 15) is 9.90 Å². The SMILES string of the molecule is CC(C)c1ccc(C(=O)NC2CCCC2)c(O)c1. The van der Waals surface area contributed by atoms with Crippen molar-refractivity contribution < 1.29 is 9.90 Å². The molecule has 0 heterocycles. The van der Waals surface area contributed by atoms with E-state index in [1.807, 2.05) is 6.07 Å². The Balaban J connectivity index is 2.10. The van der Waals surface area contributed by atoms with E-state index in [1.165, 1.54) is 12.8 Å². The van der Waals surface area contributed by atoms with Crippen LogP contribution in [0.3, 0.4) is 0 Å². The number of hydrogen-bond acceptors (Lipinski definition) is 2. The molecule has 0 aliphatic heterocycles. The quantitative estimate of drug-likeness (QED) is 0.861. The molecule has 0 saturated heterocycles. The first-order chi connectivity index (χ1) is 8.58. The molecule has 3 nitrogen and oxygen atoms in total. The number of hydrogen-bond donors (Lipinski definition) is 2. The summed E-state index contributed by atoms with van der Waals surface area (Å²) in [4.78, 5) is 12.0. The Morgan fingerprint density at radius 1 is 1.33 bits per heavy atom. The fourth-order valence-corrected chi connectivity index (χ4v) is 2.43. The maximum absolute atomic E-state index is 12.0. The molecule has 0 bridgehead atoms. The van der Waals surface area contributed by atoms with Crippen molar-refractivity contribution in [3.8, 4) is 5.75 Å². The number of carbonyl (C=O) groups is 1. The normalized spacial score (nSPS) is 16.2. The number of phenolic OH excluding ortho intramolecular Hbond substituents is 1. The van der Waals surface area contributed by atoms with Gasteiger partial charge < -0.3 is 10.4 Å². The van der Waals surface area contributed by atoms with Crippen LogP contribution in [0.5, 0.6) is 5.75 Å². The molecule has 1 aliphatic rings. The lowest BCUT2D eigenvalue weighted by molar-refractivity contribution is 0.0935. The zero-order chi connectivity index (χ0) is 13.1. The maximum atomic E-state index is 12.0. The number of carbonyl (C=O) groups excluding carboxylic acids is 1. The largest absolute Gasteiger partial charge is 0.507 e. The van der Waals surface area contributed by atoms with Gasteiger partial charge in [0.15, 0.2) is 0 Å². The zero-order valence-corrected chi connectivity index (χ0v) is 11.1. The number of nitrogens with one attached hydrogen (secondary N) is 1. The van der Waals surface area contributed by atoms with Crippen LogP contribution in [-0.2, 0) is 0 Å². The molecule has 1 aromatic carbocycles. The number of rotatable bonds is 3. The van der Waals surface area contributed by atoms with Gasteiger partial charge in [-0.2, -0.15) is 0 Å². The summed E-state index contributed by atoms with van der Waals surface area (Å²) in [5, 5.41) is 12.9. The monoisotopic (exact) mass is 247 g/mol. The highest BCUT2D eigenvalue weighted by molar-refractivity contribution is 5.97. The van der Waals surface area contributed by atoms with Gasteiger partial charge >= 0.3 is 0 Å². The fraction of sp³-hybridized carbons (Fsp3) is 0.533. The zero-order valence-electron chi connectivity index (χ0n) is 11.1. The Kier molecular flexibility index (Phi) is 3.90. The van der Waals surface area contributed by atoms with Crippen molar-refractivity contribution in [3.63, 3.8) is 0 Å². The van der Waals surface area contributed by atoms with Gasteiger partial charge in [0, 0.05) is 6.04 Å². The summed E-state index contributed by atoms with van der Waals surface area (Å²) in [5.41, 5.74) is 1.43. The van der Waals surface area contributed by atoms with Crippen LogP contribution in [0.4, 0.5) is 0 Å². The standard InChI is InChI=1S/C15H21NO2/c1-10(2)11-7-8-13(14(17)9-11)15(18)16-12-5-3-4-6-12/h7-10,12,17H,3-6H2,1-2H3,(H,16,18). The Labute approximate surface area is 108 Å². The van der Waals surface area contributed by atoms with Crippen molar-refractivity contribution >= 4 is 5.91 Å². The van der Waals surface area contributed by atoms with E-state index in [1.54, 1.807) is 12.1 Å². The lowest BCUT2D eigenvalue weighted by Gasteiger charge is -2.14. The van der Waals surface area contributed by atoms with Crippen LogP contribution in [0.2, 0.25) is 0 Å². The van der Waals surface area contributed by atoms with E-state index < -0.39 is 0 Å². The topological polar surface area (TPSA) is 49.3 Å². The summed E-state index contributed by atoms with van der Waals surface area (Å²) in [5.74, 6) is 0.272. The first kappa shape index (κ1) is 12.9. The minimum Gasteiger partial charge on any atom is -0.507 e. The second-order valence-electron chi connectivity index (χ2n) is 5.39. The molecule has 1 fully saturated rings. The third kappa shape index (κ3) is 2.84. The summed E-state index contributed by atoms with van der Waals surface area (Å²) < 4.78 is 0. The van der Waals surface area contributed by atoms with Gasteiger partial charge in [0.2, 0.25) is 0 Å². The van der Waals surface area contributed by atoms with Crippen molar-refractivity contribution in [2.45, 2.75) is 51.5 Å². The van der Waals surface area contributed by atoms with E-state index >= 15 is 0 Å². The van der Waals surface area contributed by atoms with E-state index in [4.69, 9.17) is 0 Å². The van der Waals surface area contributed by atoms with E-state index in [0.717, 1.165) is 18.4 Å². The third-order valence-corrected chi connectivity index (χ3v) is 3.62. The van der Waals surface area contributed by atoms with Gasteiger partial charge in [-0.05, 0) is 36.5 Å². The predicted molar refractivity (Wildman–Crippen MR) is 71.9 cm³/mol. The van der Waals surface area contributed by atoms with Crippen molar-refractivity contribution in [1.82, 2.24) is 5.32 Å². The Hall–Kier alpha value is -1.51. The molecule has 1 aliphatic carbocycles. The summed E-state index contributed by atoms with van der Waals surface area (Å²) in [7, 11) is 0. The van der Waals surface area contributed by atoms with E-state index in [-0.39, 0.29) is 17.7 Å². The van der Waals surface area contributed by atoms with Crippen molar-refractivity contribution in [2.24, 2.45) is 0 Å².